The minimum absolute atomic E-state index is 0.0393. The van der Waals surface area contributed by atoms with Gasteiger partial charge < -0.3 is 20.9 Å². The van der Waals surface area contributed by atoms with E-state index in [0.717, 1.165) is 28.8 Å². The standard InChI is InChI=1S/C23H28F3N7OS/c1-12(2)33-11-22(4,5)15-8-16(28-10-18(15)33)19(27)30-21(35)31-20-17(32(6)13(3)34)7-14(9-29-20)23(24,25)26/h7-10,12H,11H2,1-6H3,(H3,27,29,30,31,35). The summed E-state index contributed by atoms with van der Waals surface area (Å²) in [5, 5.41) is 2.53. The zero-order chi connectivity index (χ0) is 26.3. The molecule has 2 aromatic rings. The summed E-state index contributed by atoms with van der Waals surface area (Å²) in [4.78, 5) is 27.5. The first kappa shape index (κ1) is 26.3. The van der Waals surface area contributed by atoms with Gasteiger partial charge in [-0.3, -0.25) is 9.78 Å². The van der Waals surface area contributed by atoms with E-state index >= 15 is 0 Å². The number of alkyl halides is 3. The van der Waals surface area contributed by atoms with Crippen molar-refractivity contribution in [2.75, 3.05) is 28.7 Å². The van der Waals surface area contributed by atoms with Crippen molar-refractivity contribution in [2.45, 2.75) is 52.3 Å². The molecule has 0 fully saturated rings. The molecule has 0 aromatic carbocycles. The van der Waals surface area contributed by atoms with Crippen molar-refractivity contribution in [3.8, 4) is 0 Å². The molecule has 1 amide bonds. The lowest BCUT2D eigenvalue weighted by atomic mass is 9.87. The zero-order valence-corrected chi connectivity index (χ0v) is 21.2. The number of aromatic nitrogens is 2. The van der Waals surface area contributed by atoms with Gasteiger partial charge in [0.1, 0.15) is 5.69 Å². The summed E-state index contributed by atoms with van der Waals surface area (Å²) in [6.07, 6.45) is -2.21. The number of thiocarbonyl (C=S) groups is 1. The van der Waals surface area contributed by atoms with Gasteiger partial charge in [-0.05, 0) is 43.8 Å². The number of anilines is 3. The Morgan fingerprint density at radius 3 is 2.51 bits per heavy atom. The molecule has 8 nitrogen and oxygen atoms in total. The third-order valence-corrected chi connectivity index (χ3v) is 6.04. The summed E-state index contributed by atoms with van der Waals surface area (Å²) in [5.41, 5.74) is 7.49. The second-order valence-corrected chi connectivity index (χ2v) is 9.67. The zero-order valence-electron chi connectivity index (χ0n) is 20.4. The number of hydrogen-bond donors (Lipinski definition) is 2. The molecule has 0 spiro atoms. The second kappa shape index (κ2) is 9.40. The van der Waals surface area contributed by atoms with Gasteiger partial charge in [0, 0.05) is 38.2 Å². The average Bonchev–Trinajstić information content (AvgIpc) is 3.03. The Labute approximate surface area is 207 Å². The quantitative estimate of drug-likeness (QED) is 0.365. The van der Waals surface area contributed by atoms with Crippen LogP contribution < -0.4 is 20.9 Å². The number of halogens is 3. The lowest BCUT2D eigenvalue weighted by Crippen LogP contribution is -2.33. The maximum atomic E-state index is 13.2. The lowest BCUT2D eigenvalue weighted by Gasteiger charge is -2.25. The molecule has 12 heteroatoms. The van der Waals surface area contributed by atoms with Gasteiger partial charge in [0.05, 0.1) is 23.1 Å². The van der Waals surface area contributed by atoms with E-state index < -0.39 is 17.6 Å². The van der Waals surface area contributed by atoms with E-state index in [4.69, 9.17) is 18.0 Å². The molecule has 0 unspecified atom stereocenters. The Bertz CT molecular complexity index is 1190. The maximum absolute atomic E-state index is 13.2. The van der Waals surface area contributed by atoms with Crippen molar-refractivity contribution in [3.63, 3.8) is 0 Å². The molecule has 2 aromatic heterocycles. The van der Waals surface area contributed by atoms with Gasteiger partial charge in [-0.2, -0.15) is 13.2 Å². The largest absolute Gasteiger partial charge is 0.417 e. The highest BCUT2D eigenvalue weighted by Gasteiger charge is 2.37. The van der Waals surface area contributed by atoms with Crippen LogP contribution in [0.2, 0.25) is 0 Å². The van der Waals surface area contributed by atoms with Crippen LogP contribution in [0.5, 0.6) is 0 Å². The molecule has 0 bridgehead atoms. The fraction of sp³-hybridized carbons (Fsp3) is 0.435. The smallest absolute Gasteiger partial charge is 0.382 e. The van der Waals surface area contributed by atoms with E-state index in [9.17, 15) is 18.0 Å². The fourth-order valence-electron chi connectivity index (χ4n) is 3.84. The van der Waals surface area contributed by atoms with Gasteiger partial charge in [-0.1, -0.05) is 13.8 Å². The van der Waals surface area contributed by atoms with Crippen molar-refractivity contribution in [1.82, 2.24) is 9.97 Å². The monoisotopic (exact) mass is 507 g/mol. The molecule has 0 aliphatic carbocycles. The second-order valence-electron chi connectivity index (χ2n) is 9.29. The Morgan fingerprint density at radius 1 is 1.29 bits per heavy atom. The highest BCUT2D eigenvalue weighted by Crippen LogP contribution is 2.41. The molecule has 3 N–H and O–H groups in total. The molecular weight excluding hydrogens is 479 g/mol. The molecule has 3 rings (SSSR count). The van der Waals surface area contributed by atoms with E-state index in [1.807, 2.05) is 6.07 Å². The normalized spacial score (nSPS) is 15.3. The molecule has 188 valence electrons. The third-order valence-electron chi connectivity index (χ3n) is 5.85. The number of carbonyl (C=O) groups excluding carboxylic acids is 1. The average molecular weight is 508 g/mol. The molecule has 0 atom stereocenters. The number of aliphatic imine (C=N–C) groups is 1. The topological polar surface area (TPSA) is 99.7 Å². The summed E-state index contributed by atoms with van der Waals surface area (Å²) >= 11 is 5.25. The van der Waals surface area contributed by atoms with Crippen molar-refractivity contribution in [2.24, 2.45) is 10.7 Å². The van der Waals surface area contributed by atoms with Crippen LogP contribution in [0.4, 0.5) is 30.4 Å². The van der Waals surface area contributed by atoms with Gasteiger partial charge in [0.15, 0.2) is 16.8 Å². The van der Waals surface area contributed by atoms with Crippen LogP contribution in [0.1, 0.15) is 51.4 Å². The molecule has 0 saturated heterocycles. The number of hydrogen-bond acceptors (Lipinski definition) is 5. The number of nitrogens with one attached hydrogen (secondary N) is 1. The van der Waals surface area contributed by atoms with E-state index in [1.165, 1.54) is 14.0 Å². The van der Waals surface area contributed by atoms with Gasteiger partial charge in [0.2, 0.25) is 5.91 Å². The minimum atomic E-state index is -4.63. The predicted molar refractivity (Wildman–Crippen MR) is 135 cm³/mol. The number of rotatable bonds is 4. The molecule has 3 heterocycles. The van der Waals surface area contributed by atoms with Crippen LogP contribution in [0.25, 0.3) is 0 Å². The van der Waals surface area contributed by atoms with Crippen LogP contribution in [0, 0.1) is 0 Å². The van der Waals surface area contributed by atoms with Crippen molar-refractivity contribution < 1.29 is 18.0 Å². The van der Waals surface area contributed by atoms with Gasteiger partial charge in [-0.15, -0.1) is 0 Å². The van der Waals surface area contributed by atoms with E-state index in [2.05, 4.69) is 52.9 Å². The summed E-state index contributed by atoms with van der Waals surface area (Å²) in [6, 6.07) is 3.01. The van der Waals surface area contributed by atoms with E-state index in [1.54, 1.807) is 6.20 Å². The first-order valence-corrected chi connectivity index (χ1v) is 11.3. The SMILES string of the molecule is CC(=O)N(C)c1cc(C(F)(F)F)cnc1NC(=S)/N=C(\N)c1cc2c(cn1)N(C(C)C)CC2(C)C. The Balaban J connectivity index is 1.90. The van der Waals surface area contributed by atoms with Crippen LogP contribution in [-0.2, 0) is 16.4 Å². The first-order valence-electron chi connectivity index (χ1n) is 10.9. The Hall–Kier alpha value is -3.28. The molecule has 1 aliphatic heterocycles. The summed E-state index contributed by atoms with van der Waals surface area (Å²) < 4.78 is 39.5. The maximum Gasteiger partial charge on any atom is 0.417 e. The first-order chi connectivity index (χ1) is 16.1. The molecule has 1 aliphatic rings. The van der Waals surface area contributed by atoms with Crippen LogP contribution in [0.15, 0.2) is 29.5 Å². The number of pyridine rings is 2. The Kier molecular flexibility index (Phi) is 7.07. The van der Waals surface area contributed by atoms with Gasteiger partial charge in [-0.25, -0.2) is 9.98 Å². The summed E-state index contributed by atoms with van der Waals surface area (Å²) in [5.74, 6) is -0.506. The van der Waals surface area contributed by atoms with Crippen molar-refractivity contribution >= 4 is 46.3 Å². The van der Waals surface area contributed by atoms with Crippen LogP contribution >= 0.6 is 12.2 Å². The van der Waals surface area contributed by atoms with Gasteiger partial charge in [0.25, 0.3) is 0 Å². The highest BCUT2D eigenvalue weighted by atomic mass is 32.1. The minimum Gasteiger partial charge on any atom is -0.382 e. The van der Waals surface area contributed by atoms with Crippen molar-refractivity contribution in [3.05, 3.63) is 41.3 Å². The molecule has 0 saturated carbocycles. The lowest BCUT2D eigenvalue weighted by molar-refractivity contribution is -0.137. The number of fused-ring (bicyclic) bond motifs is 1. The number of nitrogens with two attached hydrogens (primary N) is 1. The Morgan fingerprint density at radius 2 is 1.94 bits per heavy atom. The fourth-order valence-corrected chi connectivity index (χ4v) is 4.04. The summed E-state index contributed by atoms with van der Waals surface area (Å²) in [6.45, 7) is 10.6. The highest BCUT2D eigenvalue weighted by molar-refractivity contribution is 7.80. The summed E-state index contributed by atoms with van der Waals surface area (Å²) in [7, 11) is 1.34. The number of carbonyl (C=O) groups is 1. The number of amidine groups is 1. The number of nitrogens with zero attached hydrogens (tertiary/aromatic N) is 5. The molecule has 0 radical (unpaired) electrons. The van der Waals surface area contributed by atoms with E-state index in [-0.39, 0.29) is 27.9 Å². The third kappa shape index (κ3) is 5.53. The van der Waals surface area contributed by atoms with Gasteiger partial charge >= 0.3 is 6.18 Å². The molecule has 35 heavy (non-hydrogen) atoms. The van der Waals surface area contributed by atoms with E-state index in [0.29, 0.717) is 17.9 Å². The van der Waals surface area contributed by atoms with Crippen molar-refractivity contribution in [1.29, 1.82) is 0 Å². The van der Waals surface area contributed by atoms with Crippen LogP contribution in [-0.4, -0.2) is 46.5 Å². The molecular formula is C23H28F3N7OS. The predicted octanol–water partition coefficient (Wildman–Crippen LogP) is 4.09. The number of amides is 1. The van der Waals surface area contributed by atoms with Crippen LogP contribution in [0.3, 0.4) is 0 Å².